The number of hydrogen-bond acceptors (Lipinski definition) is 8. The molecule has 2 aliphatic carbocycles. The number of para-hydroxylation sites is 2. The summed E-state index contributed by atoms with van der Waals surface area (Å²) in [5.41, 5.74) is 7.59. The Morgan fingerprint density at radius 1 is 0.517 bits per heavy atom. The molecule has 12 rings (SSSR count). The normalized spacial score (nSPS) is 21.6. The van der Waals surface area contributed by atoms with Crippen molar-refractivity contribution >= 4 is 57.8 Å². The smallest absolute Gasteiger partial charge is 0.247 e. The van der Waals surface area contributed by atoms with Crippen LogP contribution in [-0.4, -0.2) is 56.9 Å². The third kappa shape index (κ3) is 3.67. The molecule has 2 aromatic heterocycles. The number of carbonyl (C=O) groups is 4. The lowest BCUT2D eigenvalue weighted by atomic mass is 9.67. The predicted molar refractivity (Wildman–Crippen MR) is 218 cm³/mol. The third-order valence-electron chi connectivity index (χ3n) is 13.1. The maximum Gasteiger partial charge on any atom is 0.247 e. The molecule has 6 aromatic rings. The molecule has 282 valence electrons. The van der Waals surface area contributed by atoms with Gasteiger partial charge in [0.25, 0.3) is 0 Å². The van der Waals surface area contributed by atoms with E-state index in [-0.39, 0.29) is 23.4 Å². The van der Waals surface area contributed by atoms with Gasteiger partial charge in [-0.25, -0.2) is 0 Å². The molecule has 6 aliphatic rings. The number of nitrogens with one attached hydrogen (secondary N) is 4. The summed E-state index contributed by atoms with van der Waals surface area (Å²) in [6, 6.07) is 30.3. The molecule has 58 heavy (non-hydrogen) atoms. The number of nitrogens with zero attached hydrogens (tertiary/aromatic N) is 4. The van der Waals surface area contributed by atoms with Crippen LogP contribution in [0.1, 0.15) is 78.3 Å². The molecule has 2 unspecified atom stereocenters. The minimum atomic E-state index is -1.40. The molecule has 4 aromatic carbocycles. The van der Waals surface area contributed by atoms with Gasteiger partial charge in [0.05, 0.1) is 11.4 Å². The summed E-state index contributed by atoms with van der Waals surface area (Å²) in [5.74, 6) is 0.306. The average Bonchev–Trinajstić information content (AvgIpc) is 4.06. The molecule has 6 heterocycles. The summed E-state index contributed by atoms with van der Waals surface area (Å²) >= 11 is 0. The standard InChI is InChI=1S/C46H34N8O4/c1-23-33-41(51-49-23)47-37-25-13-3-5-15-27(25)39(55)35(37)45(33)29-17-7-9-19-31(29)53(43(45)57)21-11-12-22-54-32-20-10-8-18-30(32)46(44(54)58)34-24(2)50-52-42(34)48-38-26-14-4-6-16-28(26)40(56)36(38)46/h3-10,13-20H,11-12,21-22H2,1-2H3,(H2,47,49,51)(H2,48,50,52). The number of ketones is 2. The fraction of sp³-hybridized carbons (Fsp3) is 0.174. The number of amides is 2. The molecule has 4 N–H and O–H groups in total. The summed E-state index contributed by atoms with van der Waals surface area (Å²) in [6.07, 6.45) is 1.11. The highest BCUT2D eigenvalue weighted by molar-refractivity contribution is 6.32. The Kier molecular flexibility index (Phi) is 6.32. The largest absolute Gasteiger partial charge is 0.338 e. The van der Waals surface area contributed by atoms with Crippen molar-refractivity contribution in [2.75, 3.05) is 33.5 Å². The molecule has 2 atom stereocenters. The molecule has 12 nitrogen and oxygen atoms in total. The first kappa shape index (κ1) is 32.9. The number of aromatic nitrogens is 4. The van der Waals surface area contributed by atoms with E-state index in [9.17, 15) is 9.59 Å². The predicted octanol–water partition coefficient (Wildman–Crippen LogP) is 6.56. The molecule has 0 bridgehead atoms. The topological polar surface area (TPSA) is 156 Å². The maximum atomic E-state index is 15.4. The Balaban J connectivity index is 0.897. The number of anilines is 4. The van der Waals surface area contributed by atoms with Gasteiger partial charge >= 0.3 is 0 Å². The van der Waals surface area contributed by atoms with Gasteiger partial charge in [-0.1, -0.05) is 84.9 Å². The molecule has 0 radical (unpaired) electrons. The highest BCUT2D eigenvalue weighted by Gasteiger charge is 2.64. The van der Waals surface area contributed by atoms with Crippen LogP contribution in [0.25, 0.3) is 11.4 Å². The molecule has 2 spiro atoms. The van der Waals surface area contributed by atoms with Crippen LogP contribution in [0.3, 0.4) is 0 Å². The lowest BCUT2D eigenvalue weighted by Crippen LogP contribution is -2.47. The second-order valence-corrected chi connectivity index (χ2v) is 15.8. The van der Waals surface area contributed by atoms with E-state index < -0.39 is 10.8 Å². The van der Waals surface area contributed by atoms with Crippen molar-refractivity contribution in [3.8, 4) is 0 Å². The monoisotopic (exact) mass is 762 g/mol. The lowest BCUT2D eigenvalue weighted by Gasteiger charge is -2.35. The van der Waals surface area contributed by atoms with Gasteiger partial charge in [0.15, 0.2) is 23.2 Å². The summed E-state index contributed by atoms with van der Waals surface area (Å²) in [7, 11) is 0. The number of fused-ring (bicyclic) bond motifs is 14. The zero-order valence-electron chi connectivity index (χ0n) is 31.5. The molecule has 4 aliphatic heterocycles. The Morgan fingerprint density at radius 2 is 0.897 bits per heavy atom. The van der Waals surface area contributed by atoms with E-state index in [0.717, 1.165) is 33.6 Å². The fourth-order valence-corrected chi connectivity index (χ4v) is 10.8. The fourth-order valence-electron chi connectivity index (χ4n) is 10.8. The third-order valence-corrected chi connectivity index (χ3v) is 13.1. The second kappa shape index (κ2) is 11.2. The Morgan fingerprint density at radius 3 is 1.33 bits per heavy atom. The molecule has 0 fully saturated rings. The number of H-pyrrole nitrogens is 2. The van der Waals surface area contributed by atoms with Crippen LogP contribution in [-0.2, 0) is 20.4 Å². The van der Waals surface area contributed by atoms with Gasteiger partial charge in [-0.15, -0.1) is 0 Å². The summed E-state index contributed by atoms with van der Waals surface area (Å²) in [4.78, 5) is 63.2. The lowest BCUT2D eigenvalue weighted by molar-refractivity contribution is -0.121. The number of aryl methyl sites for hydroxylation is 2. The summed E-state index contributed by atoms with van der Waals surface area (Å²) in [6.45, 7) is 4.48. The minimum Gasteiger partial charge on any atom is -0.338 e. The van der Waals surface area contributed by atoms with Crippen molar-refractivity contribution in [3.63, 3.8) is 0 Å². The zero-order chi connectivity index (χ0) is 39.2. The molecule has 2 amide bonds. The van der Waals surface area contributed by atoms with E-state index in [0.29, 0.717) is 93.7 Å². The number of Topliss-reactive ketones (excluding diaryl/α,β-unsaturated/α-hetero) is 2. The van der Waals surface area contributed by atoms with E-state index in [1.165, 1.54) is 0 Å². The van der Waals surface area contributed by atoms with Crippen molar-refractivity contribution in [2.45, 2.75) is 37.5 Å². The summed E-state index contributed by atoms with van der Waals surface area (Å²) in [5, 5.41) is 22.1. The van der Waals surface area contributed by atoms with Crippen molar-refractivity contribution in [2.24, 2.45) is 0 Å². The first-order chi connectivity index (χ1) is 28.3. The Labute approximate surface area is 331 Å². The van der Waals surface area contributed by atoms with Crippen LogP contribution in [0.5, 0.6) is 0 Å². The van der Waals surface area contributed by atoms with Gasteiger partial charge in [0.2, 0.25) is 11.8 Å². The van der Waals surface area contributed by atoms with Crippen LogP contribution in [0, 0.1) is 13.8 Å². The van der Waals surface area contributed by atoms with Crippen molar-refractivity contribution in [1.29, 1.82) is 0 Å². The van der Waals surface area contributed by atoms with Gasteiger partial charge in [-0.2, -0.15) is 10.2 Å². The van der Waals surface area contributed by atoms with Gasteiger partial charge < -0.3 is 20.4 Å². The van der Waals surface area contributed by atoms with Crippen LogP contribution in [0.15, 0.2) is 108 Å². The SMILES string of the molecule is Cc1[nH]nc2c1C1(C(=O)N(CCCCN3C(=O)C4(C5=C(Nc6n[nH]c(C)c64)c4ccccc4C5=O)c4ccccc43)c3ccccc31)C1=C(N2)c2ccccc2C1=O. The second-order valence-electron chi connectivity index (χ2n) is 15.8. The number of rotatable bonds is 5. The molecule has 0 saturated heterocycles. The summed E-state index contributed by atoms with van der Waals surface area (Å²) < 4.78 is 0. The first-order valence-corrected chi connectivity index (χ1v) is 19.5. The molecular formula is C46H34N8O4. The van der Waals surface area contributed by atoms with E-state index in [2.05, 4.69) is 31.0 Å². The molecule has 0 saturated carbocycles. The van der Waals surface area contributed by atoms with E-state index in [1.807, 2.05) is 111 Å². The number of hydrogen-bond donors (Lipinski definition) is 4. The van der Waals surface area contributed by atoms with Crippen LogP contribution in [0.2, 0.25) is 0 Å². The van der Waals surface area contributed by atoms with E-state index >= 15 is 9.59 Å². The molecule has 12 heteroatoms. The van der Waals surface area contributed by atoms with Crippen molar-refractivity contribution in [1.82, 2.24) is 20.4 Å². The number of benzene rings is 4. The van der Waals surface area contributed by atoms with Crippen LogP contribution >= 0.6 is 0 Å². The first-order valence-electron chi connectivity index (χ1n) is 19.5. The van der Waals surface area contributed by atoms with Crippen LogP contribution in [0.4, 0.5) is 23.0 Å². The van der Waals surface area contributed by atoms with Crippen molar-refractivity contribution in [3.05, 3.63) is 164 Å². The number of aromatic amines is 2. The van der Waals surface area contributed by atoms with Gasteiger partial charge in [0, 0.05) is 91.5 Å². The maximum absolute atomic E-state index is 15.4. The van der Waals surface area contributed by atoms with Gasteiger partial charge in [-0.05, 0) is 38.8 Å². The van der Waals surface area contributed by atoms with E-state index in [1.54, 1.807) is 9.80 Å². The van der Waals surface area contributed by atoms with Gasteiger partial charge in [-0.3, -0.25) is 29.4 Å². The minimum absolute atomic E-state index is 0.175. The highest BCUT2D eigenvalue weighted by Crippen LogP contribution is 2.61. The quantitative estimate of drug-likeness (QED) is 0.144. The zero-order valence-corrected chi connectivity index (χ0v) is 31.5. The highest BCUT2D eigenvalue weighted by atomic mass is 16.2. The number of unbranched alkanes of at least 4 members (excludes halogenated alkanes) is 1. The van der Waals surface area contributed by atoms with Crippen LogP contribution < -0.4 is 20.4 Å². The number of carbonyl (C=O) groups excluding carboxylic acids is 4. The molecular weight excluding hydrogens is 729 g/mol. The Hall–Kier alpha value is -7.34. The van der Waals surface area contributed by atoms with E-state index in [4.69, 9.17) is 0 Å². The Bertz CT molecular complexity index is 2800. The van der Waals surface area contributed by atoms with Gasteiger partial charge in [0.1, 0.15) is 10.8 Å². The van der Waals surface area contributed by atoms with Crippen molar-refractivity contribution < 1.29 is 19.2 Å². The average molecular weight is 763 g/mol.